The molecule has 1 aromatic heterocycles. The summed E-state index contributed by atoms with van der Waals surface area (Å²) >= 11 is 1.67. The minimum Gasteiger partial charge on any atom is -0.508 e. The lowest BCUT2D eigenvalue weighted by molar-refractivity contribution is 0.228. The van der Waals surface area contributed by atoms with Crippen molar-refractivity contribution < 1.29 is 9.90 Å². The highest BCUT2D eigenvalue weighted by Crippen LogP contribution is 2.25. The van der Waals surface area contributed by atoms with Crippen molar-refractivity contribution in [2.45, 2.75) is 31.3 Å². The Bertz CT molecular complexity index is 715. The number of thiophene rings is 1. The molecule has 3 rings (SSSR count). The molecular formula is C19H25N3O2S. The lowest BCUT2D eigenvalue weighted by Gasteiger charge is -2.27. The third-order valence-electron chi connectivity index (χ3n) is 4.76. The molecule has 0 spiro atoms. The molecule has 2 amide bonds. The maximum atomic E-state index is 12.3. The fourth-order valence-corrected chi connectivity index (χ4v) is 4.06. The number of carbonyl (C=O) groups excluding carboxylic acids is 1. The average Bonchev–Trinajstić information content (AvgIpc) is 3.08. The Hall–Kier alpha value is -2.05. The smallest absolute Gasteiger partial charge is 0.315 e. The number of fused-ring (bicyclic) bond motifs is 1. The predicted octanol–water partition coefficient (Wildman–Crippen LogP) is 2.91. The highest BCUT2D eigenvalue weighted by atomic mass is 32.1. The van der Waals surface area contributed by atoms with Crippen molar-refractivity contribution in [1.82, 2.24) is 15.5 Å². The topological polar surface area (TPSA) is 64.6 Å². The van der Waals surface area contributed by atoms with Crippen molar-refractivity contribution in [2.75, 3.05) is 20.6 Å². The van der Waals surface area contributed by atoms with Crippen LogP contribution in [0.1, 0.15) is 29.2 Å². The highest BCUT2D eigenvalue weighted by molar-refractivity contribution is 7.07. The average molecular weight is 359 g/mol. The van der Waals surface area contributed by atoms with Crippen LogP contribution in [-0.4, -0.2) is 42.7 Å². The Kier molecular flexibility index (Phi) is 5.60. The van der Waals surface area contributed by atoms with E-state index in [0.29, 0.717) is 6.54 Å². The third-order valence-corrected chi connectivity index (χ3v) is 5.46. The number of nitrogens with one attached hydrogen (secondary N) is 2. The van der Waals surface area contributed by atoms with Crippen LogP contribution in [0.4, 0.5) is 4.79 Å². The van der Waals surface area contributed by atoms with Crippen molar-refractivity contribution in [3.05, 3.63) is 51.7 Å². The number of nitrogens with zero attached hydrogens (tertiary/aromatic N) is 1. The number of rotatable bonds is 5. The van der Waals surface area contributed by atoms with E-state index >= 15 is 0 Å². The van der Waals surface area contributed by atoms with Gasteiger partial charge in [0.2, 0.25) is 0 Å². The summed E-state index contributed by atoms with van der Waals surface area (Å²) in [7, 11) is 4.04. The van der Waals surface area contributed by atoms with Crippen LogP contribution in [0.5, 0.6) is 5.75 Å². The number of carbonyl (C=O) groups is 1. The number of urea groups is 1. The van der Waals surface area contributed by atoms with Crippen molar-refractivity contribution in [3.8, 4) is 5.75 Å². The van der Waals surface area contributed by atoms with E-state index in [0.717, 1.165) is 24.8 Å². The standard InChI is InChI=1S/C19H25N3O2S/c1-22(2)18(14-7-8-25-12-14)11-20-19(24)21-16-5-3-13-4-6-17(23)10-15(13)9-16/h4,6-8,10,12,16,18,23H,3,5,9,11H2,1-2H3,(H2,20,21,24)/t16-,18?/m0/s1. The van der Waals surface area contributed by atoms with Crippen LogP contribution in [0.3, 0.4) is 0 Å². The van der Waals surface area contributed by atoms with Crippen molar-refractivity contribution in [2.24, 2.45) is 0 Å². The first kappa shape index (κ1) is 17.8. The molecule has 2 aromatic rings. The number of aryl methyl sites for hydroxylation is 1. The van der Waals surface area contributed by atoms with Gasteiger partial charge in [-0.15, -0.1) is 0 Å². The van der Waals surface area contributed by atoms with E-state index in [9.17, 15) is 9.90 Å². The van der Waals surface area contributed by atoms with Crippen LogP contribution in [-0.2, 0) is 12.8 Å². The summed E-state index contributed by atoms with van der Waals surface area (Å²) in [6, 6.07) is 7.75. The van der Waals surface area contributed by atoms with E-state index < -0.39 is 0 Å². The SMILES string of the molecule is CN(C)C(CNC(=O)N[C@H]1CCc2ccc(O)cc2C1)c1ccsc1. The fraction of sp³-hybridized carbons (Fsp3) is 0.421. The molecule has 0 bridgehead atoms. The second-order valence-electron chi connectivity index (χ2n) is 6.78. The van der Waals surface area contributed by atoms with Gasteiger partial charge in [0.1, 0.15) is 5.75 Å². The first-order chi connectivity index (χ1) is 12.0. The normalized spacial score (nSPS) is 17.8. The van der Waals surface area contributed by atoms with Crippen LogP contribution in [0.2, 0.25) is 0 Å². The van der Waals surface area contributed by atoms with E-state index in [4.69, 9.17) is 0 Å². The van der Waals surface area contributed by atoms with Gasteiger partial charge in [0.25, 0.3) is 0 Å². The fourth-order valence-electron chi connectivity index (χ4n) is 3.36. The summed E-state index contributed by atoms with van der Waals surface area (Å²) in [6.45, 7) is 0.569. The molecule has 2 atom stereocenters. The molecule has 1 aromatic carbocycles. The Morgan fingerprint density at radius 2 is 2.20 bits per heavy atom. The van der Waals surface area contributed by atoms with Gasteiger partial charge in [-0.05, 0) is 79.0 Å². The van der Waals surface area contributed by atoms with Gasteiger partial charge in [0, 0.05) is 12.6 Å². The summed E-state index contributed by atoms with van der Waals surface area (Å²) in [6.07, 6.45) is 2.61. The molecule has 0 saturated carbocycles. The number of hydrogen-bond acceptors (Lipinski definition) is 4. The molecule has 134 valence electrons. The maximum absolute atomic E-state index is 12.3. The molecule has 1 heterocycles. The van der Waals surface area contributed by atoms with E-state index in [1.807, 2.05) is 20.2 Å². The molecule has 5 nitrogen and oxygen atoms in total. The Morgan fingerprint density at radius 1 is 1.36 bits per heavy atom. The van der Waals surface area contributed by atoms with Crippen LogP contribution >= 0.6 is 11.3 Å². The van der Waals surface area contributed by atoms with E-state index in [-0.39, 0.29) is 23.9 Å². The molecule has 1 aliphatic rings. The minimum atomic E-state index is -0.129. The minimum absolute atomic E-state index is 0.105. The number of phenolic OH excluding ortho intramolecular Hbond substituents is 1. The van der Waals surface area contributed by atoms with Gasteiger partial charge < -0.3 is 20.6 Å². The van der Waals surface area contributed by atoms with Crippen LogP contribution in [0, 0.1) is 0 Å². The second kappa shape index (κ2) is 7.89. The van der Waals surface area contributed by atoms with Gasteiger partial charge in [0.05, 0.1) is 6.04 Å². The zero-order valence-corrected chi connectivity index (χ0v) is 15.5. The zero-order valence-electron chi connectivity index (χ0n) is 14.7. The van der Waals surface area contributed by atoms with Gasteiger partial charge in [-0.25, -0.2) is 4.79 Å². The Morgan fingerprint density at radius 3 is 2.92 bits per heavy atom. The molecule has 0 fully saturated rings. The molecule has 0 saturated heterocycles. The number of benzene rings is 1. The van der Waals surface area contributed by atoms with Crippen LogP contribution in [0.25, 0.3) is 0 Å². The van der Waals surface area contributed by atoms with E-state index in [1.165, 1.54) is 11.1 Å². The predicted molar refractivity (Wildman–Crippen MR) is 101 cm³/mol. The molecular weight excluding hydrogens is 334 g/mol. The van der Waals surface area contributed by atoms with Crippen molar-refractivity contribution in [3.63, 3.8) is 0 Å². The number of phenols is 1. The monoisotopic (exact) mass is 359 g/mol. The summed E-state index contributed by atoms with van der Waals surface area (Å²) in [5, 5.41) is 19.9. The third kappa shape index (κ3) is 4.52. The second-order valence-corrected chi connectivity index (χ2v) is 7.56. The van der Waals surface area contributed by atoms with E-state index in [2.05, 4.69) is 32.4 Å². The molecule has 6 heteroatoms. The van der Waals surface area contributed by atoms with Crippen molar-refractivity contribution in [1.29, 1.82) is 0 Å². The molecule has 0 radical (unpaired) electrons. The summed E-state index contributed by atoms with van der Waals surface area (Å²) in [4.78, 5) is 14.4. The number of aromatic hydroxyl groups is 1. The van der Waals surface area contributed by atoms with Crippen molar-refractivity contribution >= 4 is 17.4 Å². The van der Waals surface area contributed by atoms with Gasteiger partial charge in [-0.2, -0.15) is 11.3 Å². The summed E-state index contributed by atoms with van der Waals surface area (Å²) in [5.41, 5.74) is 3.61. The summed E-state index contributed by atoms with van der Waals surface area (Å²) < 4.78 is 0. The van der Waals surface area contributed by atoms with Gasteiger partial charge in [0.15, 0.2) is 0 Å². The largest absolute Gasteiger partial charge is 0.508 e. The maximum Gasteiger partial charge on any atom is 0.315 e. The first-order valence-corrected chi connectivity index (χ1v) is 9.51. The lowest BCUT2D eigenvalue weighted by atomic mass is 9.88. The van der Waals surface area contributed by atoms with Gasteiger partial charge >= 0.3 is 6.03 Å². The molecule has 25 heavy (non-hydrogen) atoms. The number of amides is 2. The van der Waals surface area contributed by atoms with E-state index in [1.54, 1.807) is 23.5 Å². The highest BCUT2D eigenvalue weighted by Gasteiger charge is 2.21. The quantitative estimate of drug-likeness (QED) is 0.769. The lowest BCUT2D eigenvalue weighted by Crippen LogP contribution is -2.46. The molecule has 0 aliphatic heterocycles. The molecule has 1 unspecified atom stereocenters. The zero-order chi connectivity index (χ0) is 17.8. The van der Waals surface area contributed by atoms with Gasteiger partial charge in [-0.1, -0.05) is 6.07 Å². The number of hydrogen-bond donors (Lipinski definition) is 3. The molecule has 3 N–H and O–H groups in total. The van der Waals surface area contributed by atoms with Crippen LogP contribution < -0.4 is 10.6 Å². The Balaban J connectivity index is 1.53. The first-order valence-electron chi connectivity index (χ1n) is 8.56. The Labute approximate surface area is 152 Å². The van der Waals surface area contributed by atoms with Gasteiger partial charge in [-0.3, -0.25) is 0 Å². The molecule has 1 aliphatic carbocycles. The summed E-state index contributed by atoms with van der Waals surface area (Å²) in [5.74, 6) is 0.286. The van der Waals surface area contributed by atoms with Crippen LogP contribution in [0.15, 0.2) is 35.0 Å². The number of likely N-dealkylation sites (N-methyl/N-ethyl adjacent to an activating group) is 1.